The van der Waals surface area contributed by atoms with Crippen molar-refractivity contribution in [1.29, 1.82) is 0 Å². The number of nitrogens with zero attached hydrogens (tertiary/aromatic N) is 1. The first kappa shape index (κ1) is 21.5. The second-order valence-electron chi connectivity index (χ2n) is 8.14. The van der Waals surface area contributed by atoms with E-state index < -0.39 is 23.8 Å². The van der Waals surface area contributed by atoms with E-state index in [2.05, 4.69) is 5.32 Å². The monoisotopic (exact) mass is 434 g/mol. The van der Waals surface area contributed by atoms with Gasteiger partial charge in [0.25, 0.3) is 0 Å². The van der Waals surface area contributed by atoms with Crippen LogP contribution < -0.4 is 5.32 Å². The number of amides is 3. The molecule has 0 saturated carbocycles. The number of hydrogen-bond donors (Lipinski definition) is 1. The fourth-order valence-electron chi connectivity index (χ4n) is 3.43. The lowest BCUT2D eigenvalue weighted by Crippen LogP contribution is -2.45. The molecule has 0 unspecified atom stereocenters. The van der Waals surface area contributed by atoms with Crippen molar-refractivity contribution < 1.29 is 14.3 Å². The van der Waals surface area contributed by atoms with Crippen molar-refractivity contribution >= 4 is 35.3 Å². The molecule has 1 saturated heterocycles. The van der Waals surface area contributed by atoms with Gasteiger partial charge in [0.2, 0.25) is 0 Å². The van der Waals surface area contributed by atoms with Crippen LogP contribution in [0.3, 0.4) is 0 Å². The molecule has 1 N–H and O–H groups in total. The number of benzene rings is 2. The van der Waals surface area contributed by atoms with Gasteiger partial charge in [-0.2, -0.15) is 0 Å². The number of imide groups is 1. The standard InChI is InChI=1S/C22H24Cl2N2O3/c1-22(2,3)29-21(28)26-19(13-15-7-5-9-17(24)11-15)18(25-20(26)27)12-14-6-4-8-16(23)10-14/h4-11,18-19H,12-13H2,1-3H3,(H,25,27)/t18-,19-/m0/s1. The van der Waals surface area contributed by atoms with E-state index >= 15 is 0 Å². The Morgan fingerprint density at radius 1 is 1.03 bits per heavy atom. The third kappa shape index (κ3) is 5.64. The Balaban J connectivity index is 1.89. The van der Waals surface area contributed by atoms with Crippen molar-refractivity contribution in [1.82, 2.24) is 10.2 Å². The summed E-state index contributed by atoms with van der Waals surface area (Å²) in [4.78, 5) is 26.7. The first-order valence-corrected chi connectivity index (χ1v) is 10.2. The predicted octanol–water partition coefficient (Wildman–Crippen LogP) is 5.48. The Labute approximate surface area is 180 Å². The van der Waals surface area contributed by atoms with Gasteiger partial charge in [-0.25, -0.2) is 14.5 Å². The van der Waals surface area contributed by atoms with E-state index in [1.54, 1.807) is 32.9 Å². The van der Waals surface area contributed by atoms with Crippen molar-refractivity contribution in [3.63, 3.8) is 0 Å². The number of carbonyl (C=O) groups is 2. The summed E-state index contributed by atoms with van der Waals surface area (Å²) in [6.07, 6.45) is 0.344. The lowest BCUT2D eigenvalue weighted by molar-refractivity contribution is 0.0288. The zero-order chi connectivity index (χ0) is 21.2. The van der Waals surface area contributed by atoms with Gasteiger partial charge in [-0.3, -0.25) is 0 Å². The third-order valence-corrected chi connectivity index (χ3v) is 5.06. The molecule has 1 aliphatic heterocycles. The van der Waals surface area contributed by atoms with Crippen LogP contribution in [0.2, 0.25) is 10.0 Å². The number of urea groups is 1. The summed E-state index contributed by atoms with van der Waals surface area (Å²) in [5, 5.41) is 4.17. The summed E-state index contributed by atoms with van der Waals surface area (Å²) in [6.45, 7) is 5.32. The Morgan fingerprint density at radius 2 is 1.59 bits per heavy atom. The van der Waals surface area contributed by atoms with Crippen LogP contribution in [0, 0.1) is 0 Å². The molecule has 5 nitrogen and oxygen atoms in total. The molecule has 2 aromatic carbocycles. The largest absolute Gasteiger partial charge is 0.443 e. The molecule has 7 heteroatoms. The maximum atomic E-state index is 12.8. The second kappa shape index (κ2) is 8.64. The van der Waals surface area contributed by atoms with Gasteiger partial charge in [0.1, 0.15) is 5.60 Å². The van der Waals surface area contributed by atoms with Crippen molar-refractivity contribution in [3.8, 4) is 0 Å². The van der Waals surface area contributed by atoms with Crippen molar-refractivity contribution in [2.24, 2.45) is 0 Å². The number of nitrogens with one attached hydrogen (secondary N) is 1. The van der Waals surface area contributed by atoms with E-state index in [1.807, 2.05) is 36.4 Å². The molecular formula is C22H24Cl2N2O3. The third-order valence-electron chi connectivity index (χ3n) is 4.59. The van der Waals surface area contributed by atoms with Gasteiger partial charge in [-0.1, -0.05) is 47.5 Å². The topological polar surface area (TPSA) is 58.6 Å². The van der Waals surface area contributed by atoms with Crippen LogP contribution in [-0.4, -0.2) is 34.7 Å². The molecule has 0 aliphatic carbocycles. The lowest BCUT2D eigenvalue weighted by Gasteiger charge is -2.28. The highest BCUT2D eigenvalue weighted by atomic mass is 35.5. The number of hydrogen-bond acceptors (Lipinski definition) is 3. The zero-order valence-corrected chi connectivity index (χ0v) is 18.1. The predicted molar refractivity (Wildman–Crippen MR) is 114 cm³/mol. The molecule has 0 spiro atoms. The lowest BCUT2D eigenvalue weighted by atomic mass is 9.95. The molecule has 154 valence electrons. The van der Waals surface area contributed by atoms with Crippen molar-refractivity contribution in [3.05, 3.63) is 69.7 Å². The maximum absolute atomic E-state index is 12.8. The first-order chi connectivity index (χ1) is 13.6. The Morgan fingerprint density at radius 3 is 2.10 bits per heavy atom. The molecule has 29 heavy (non-hydrogen) atoms. The van der Waals surface area contributed by atoms with E-state index in [0.29, 0.717) is 22.9 Å². The molecule has 2 aromatic rings. The first-order valence-electron chi connectivity index (χ1n) is 9.44. The van der Waals surface area contributed by atoms with Gasteiger partial charge in [0, 0.05) is 10.0 Å². The molecule has 0 radical (unpaired) electrons. The van der Waals surface area contributed by atoms with Gasteiger partial charge in [-0.05, 0) is 69.0 Å². The summed E-state index contributed by atoms with van der Waals surface area (Å²) in [7, 11) is 0. The Bertz CT molecular complexity index is 911. The highest BCUT2D eigenvalue weighted by molar-refractivity contribution is 6.30. The molecule has 1 fully saturated rings. The fourth-order valence-corrected chi connectivity index (χ4v) is 3.85. The van der Waals surface area contributed by atoms with Crippen LogP contribution in [0.25, 0.3) is 0 Å². The minimum atomic E-state index is -0.705. The molecule has 1 heterocycles. The highest BCUT2D eigenvalue weighted by Gasteiger charge is 2.44. The molecule has 2 atom stereocenters. The molecule has 3 amide bonds. The average Bonchev–Trinajstić information content (AvgIpc) is 2.88. The van der Waals surface area contributed by atoms with E-state index in [9.17, 15) is 9.59 Å². The fraction of sp³-hybridized carbons (Fsp3) is 0.364. The molecule has 1 aliphatic rings. The number of halogens is 2. The van der Waals surface area contributed by atoms with Crippen molar-refractivity contribution in [2.45, 2.75) is 51.3 Å². The van der Waals surface area contributed by atoms with Gasteiger partial charge in [0.05, 0.1) is 12.1 Å². The molecule has 0 bridgehead atoms. The van der Waals surface area contributed by atoms with Crippen molar-refractivity contribution in [2.75, 3.05) is 0 Å². The van der Waals surface area contributed by atoms with E-state index in [4.69, 9.17) is 27.9 Å². The summed E-state index contributed by atoms with van der Waals surface area (Å²) in [6, 6.07) is 13.7. The normalized spacial score (nSPS) is 19.2. The van der Waals surface area contributed by atoms with E-state index in [1.165, 1.54) is 4.90 Å². The van der Waals surface area contributed by atoms with E-state index in [-0.39, 0.29) is 6.04 Å². The van der Waals surface area contributed by atoms with Gasteiger partial charge in [-0.15, -0.1) is 0 Å². The van der Waals surface area contributed by atoms with Crippen LogP contribution in [0.4, 0.5) is 9.59 Å². The maximum Gasteiger partial charge on any atom is 0.418 e. The minimum absolute atomic E-state index is 0.285. The molecule has 3 rings (SSSR count). The highest BCUT2D eigenvalue weighted by Crippen LogP contribution is 2.25. The zero-order valence-electron chi connectivity index (χ0n) is 16.6. The summed E-state index contributed by atoms with van der Waals surface area (Å²) in [5.74, 6) is 0. The van der Waals surface area contributed by atoms with Gasteiger partial charge < -0.3 is 10.1 Å². The van der Waals surface area contributed by atoms with Gasteiger partial charge in [0.15, 0.2) is 0 Å². The van der Waals surface area contributed by atoms with E-state index in [0.717, 1.165) is 11.1 Å². The van der Waals surface area contributed by atoms with Gasteiger partial charge >= 0.3 is 12.1 Å². The average molecular weight is 435 g/mol. The van der Waals surface area contributed by atoms with Crippen LogP contribution in [-0.2, 0) is 17.6 Å². The summed E-state index contributed by atoms with van der Waals surface area (Å²) < 4.78 is 5.48. The number of ether oxygens (including phenoxy) is 1. The molecular weight excluding hydrogens is 411 g/mol. The quantitative estimate of drug-likeness (QED) is 0.692. The Hall–Kier alpha value is -2.24. The van der Waals surface area contributed by atoms with Crippen LogP contribution in [0.15, 0.2) is 48.5 Å². The summed E-state index contributed by atoms with van der Waals surface area (Å²) in [5.41, 5.74) is 1.21. The number of rotatable bonds is 4. The summed E-state index contributed by atoms with van der Waals surface area (Å²) >= 11 is 12.2. The van der Waals surface area contributed by atoms with Crippen LogP contribution in [0.1, 0.15) is 31.9 Å². The SMILES string of the molecule is CC(C)(C)OC(=O)N1C(=O)N[C@@H](Cc2cccc(Cl)c2)[C@@H]1Cc1cccc(Cl)c1. The van der Waals surface area contributed by atoms with Crippen LogP contribution in [0.5, 0.6) is 0 Å². The minimum Gasteiger partial charge on any atom is -0.443 e. The molecule has 0 aromatic heterocycles. The second-order valence-corrected chi connectivity index (χ2v) is 9.01. The van der Waals surface area contributed by atoms with Crippen LogP contribution >= 0.6 is 23.2 Å². The smallest absolute Gasteiger partial charge is 0.418 e. The Kier molecular flexibility index (Phi) is 6.39. The number of carbonyl (C=O) groups excluding carboxylic acids is 2.